The highest BCUT2D eigenvalue weighted by Gasteiger charge is 2.11. The van der Waals surface area contributed by atoms with E-state index >= 15 is 0 Å². The van der Waals surface area contributed by atoms with E-state index in [4.69, 9.17) is 20.5 Å². The van der Waals surface area contributed by atoms with Crippen LogP contribution in [0.3, 0.4) is 0 Å². The van der Waals surface area contributed by atoms with Gasteiger partial charge in [-0.1, -0.05) is 6.07 Å². The second-order valence-electron chi connectivity index (χ2n) is 4.72. The molecule has 2 aromatic carbocycles. The molecule has 21 heavy (non-hydrogen) atoms. The summed E-state index contributed by atoms with van der Waals surface area (Å²) >= 11 is 0. The van der Waals surface area contributed by atoms with E-state index in [-0.39, 0.29) is 0 Å². The fraction of sp³-hybridized carbons (Fsp3) is 0.188. The minimum Gasteiger partial charge on any atom is -0.490 e. The molecule has 0 saturated carbocycles. The second kappa shape index (κ2) is 5.63. The molecule has 0 amide bonds. The van der Waals surface area contributed by atoms with E-state index in [1.807, 2.05) is 24.3 Å². The van der Waals surface area contributed by atoms with Crippen molar-refractivity contribution < 1.29 is 9.47 Å². The van der Waals surface area contributed by atoms with E-state index in [0.717, 1.165) is 17.9 Å². The Bertz CT molecular complexity index is 707. The Morgan fingerprint density at radius 2 is 1.90 bits per heavy atom. The molecule has 0 aliphatic carbocycles. The first-order valence-corrected chi connectivity index (χ1v) is 6.73. The zero-order valence-corrected chi connectivity index (χ0v) is 11.4. The molecule has 106 valence electrons. The van der Waals surface area contributed by atoms with Crippen LogP contribution in [-0.4, -0.2) is 13.2 Å². The lowest BCUT2D eigenvalue weighted by Crippen LogP contribution is -1.99. The number of rotatable bonds is 2. The summed E-state index contributed by atoms with van der Waals surface area (Å²) in [6.07, 6.45) is 0.870. The van der Waals surface area contributed by atoms with Crippen molar-refractivity contribution in [1.29, 1.82) is 5.26 Å². The predicted molar refractivity (Wildman–Crippen MR) is 80.9 cm³/mol. The van der Waals surface area contributed by atoms with Crippen LogP contribution < -0.4 is 20.5 Å². The fourth-order valence-electron chi connectivity index (χ4n) is 2.17. The number of nitrogens with zero attached hydrogens (tertiary/aromatic N) is 1. The number of benzene rings is 2. The molecule has 0 saturated heterocycles. The van der Waals surface area contributed by atoms with E-state index in [9.17, 15) is 0 Å². The third-order valence-electron chi connectivity index (χ3n) is 3.25. The number of nitrogen functional groups attached to an aromatic ring is 1. The van der Waals surface area contributed by atoms with Crippen molar-refractivity contribution in [3.63, 3.8) is 0 Å². The van der Waals surface area contributed by atoms with Gasteiger partial charge < -0.3 is 20.5 Å². The van der Waals surface area contributed by atoms with E-state index < -0.39 is 0 Å². The van der Waals surface area contributed by atoms with Gasteiger partial charge in [-0.3, -0.25) is 0 Å². The summed E-state index contributed by atoms with van der Waals surface area (Å²) in [4.78, 5) is 0. The van der Waals surface area contributed by atoms with Crippen LogP contribution in [0.1, 0.15) is 12.0 Å². The van der Waals surface area contributed by atoms with Crippen molar-refractivity contribution in [1.82, 2.24) is 0 Å². The fourth-order valence-corrected chi connectivity index (χ4v) is 2.17. The molecule has 1 heterocycles. The molecule has 0 spiro atoms. The van der Waals surface area contributed by atoms with Crippen LogP contribution in [0.4, 0.5) is 17.1 Å². The number of ether oxygens (including phenoxy) is 2. The van der Waals surface area contributed by atoms with Gasteiger partial charge in [0.2, 0.25) is 0 Å². The molecule has 0 unspecified atom stereocenters. The summed E-state index contributed by atoms with van der Waals surface area (Å²) in [5, 5.41) is 12.2. The van der Waals surface area contributed by atoms with Crippen molar-refractivity contribution >= 4 is 17.1 Å². The Kier molecular flexibility index (Phi) is 3.52. The SMILES string of the molecule is N#Cc1cccc(Nc2ccc3c(c2)OCCCO3)c1N. The van der Waals surface area contributed by atoms with E-state index in [2.05, 4.69) is 11.4 Å². The highest BCUT2D eigenvalue weighted by atomic mass is 16.5. The number of nitrogens with two attached hydrogens (primary N) is 1. The molecular weight excluding hydrogens is 266 g/mol. The lowest BCUT2D eigenvalue weighted by molar-refractivity contribution is 0.297. The van der Waals surface area contributed by atoms with Crippen LogP contribution in [0.15, 0.2) is 36.4 Å². The van der Waals surface area contributed by atoms with Crippen molar-refractivity contribution in [2.75, 3.05) is 24.3 Å². The lowest BCUT2D eigenvalue weighted by atomic mass is 10.1. The van der Waals surface area contributed by atoms with Crippen LogP contribution in [-0.2, 0) is 0 Å². The molecule has 2 aromatic rings. The normalized spacial score (nSPS) is 13.1. The molecule has 0 bridgehead atoms. The van der Waals surface area contributed by atoms with Crippen molar-refractivity contribution in [3.05, 3.63) is 42.0 Å². The van der Waals surface area contributed by atoms with Crippen LogP contribution in [0.2, 0.25) is 0 Å². The zero-order valence-electron chi connectivity index (χ0n) is 11.4. The van der Waals surface area contributed by atoms with Crippen molar-refractivity contribution in [2.45, 2.75) is 6.42 Å². The summed E-state index contributed by atoms with van der Waals surface area (Å²) in [7, 11) is 0. The van der Waals surface area contributed by atoms with Crippen LogP contribution in [0.25, 0.3) is 0 Å². The number of fused-ring (bicyclic) bond motifs is 1. The first-order valence-electron chi connectivity index (χ1n) is 6.73. The molecule has 0 atom stereocenters. The molecule has 5 nitrogen and oxygen atoms in total. The summed E-state index contributed by atoms with van der Waals surface area (Å²) in [5.41, 5.74) is 8.39. The number of nitriles is 1. The summed E-state index contributed by atoms with van der Waals surface area (Å²) in [5.74, 6) is 1.46. The van der Waals surface area contributed by atoms with Gasteiger partial charge in [-0.05, 0) is 24.3 Å². The first-order chi connectivity index (χ1) is 10.3. The standard InChI is InChI=1S/C16H15N3O2/c17-10-11-3-1-4-13(16(11)18)19-12-5-6-14-15(9-12)21-8-2-7-20-14/h1,3-6,9,19H,2,7-8,18H2. The Morgan fingerprint density at radius 3 is 2.71 bits per heavy atom. The highest BCUT2D eigenvalue weighted by molar-refractivity contribution is 5.77. The quantitative estimate of drug-likeness (QED) is 0.827. The topological polar surface area (TPSA) is 80.3 Å². The average molecular weight is 281 g/mol. The molecule has 3 N–H and O–H groups in total. The molecule has 0 aromatic heterocycles. The highest BCUT2D eigenvalue weighted by Crippen LogP contribution is 2.34. The van der Waals surface area contributed by atoms with Crippen molar-refractivity contribution in [2.24, 2.45) is 0 Å². The van der Waals surface area contributed by atoms with E-state index in [1.54, 1.807) is 12.1 Å². The molecule has 3 rings (SSSR count). The molecule has 1 aliphatic heterocycles. The number of hydrogen-bond donors (Lipinski definition) is 2. The van der Waals surface area contributed by atoms with Crippen LogP contribution in [0.5, 0.6) is 11.5 Å². The van der Waals surface area contributed by atoms with Crippen LogP contribution >= 0.6 is 0 Å². The van der Waals surface area contributed by atoms with Gasteiger partial charge in [0.15, 0.2) is 11.5 Å². The third-order valence-corrected chi connectivity index (χ3v) is 3.25. The lowest BCUT2D eigenvalue weighted by Gasteiger charge is -2.13. The van der Waals surface area contributed by atoms with Crippen LogP contribution in [0, 0.1) is 11.3 Å². The van der Waals surface area contributed by atoms with Gasteiger partial charge in [-0.2, -0.15) is 5.26 Å². The Hall–Kier alpha value is -2.87. The largest absolute Gasteiger partial charge is 0.490 e. The molecule has 1 aliphatic rings. The van der Waals surface area contributed by atoms with Gasteiger partial charge in [0.1, 0.15) is 6.07 Å². The van der Waals surface area contributed by atoms with Crippen molar-refractivity contribution in [3.8, 4) is 17.6 Å². The van der Waals surface area contributed by atoms with E-state index in [1.165, 1.54) is 0 Å². The molecule has 0 fully saturated rings. The maximum atomic E-state index is 9.00. The Balaban J connectivity index is 1.89. The zero-order chi connectivity index (χ0) is 14.7. The minimum absolute atomic E-state index is 0.437. The smallest absolute Gasteiger partial charge is 0.163 e. The average Bonchev–Trinajstić information content (AvgIpc) is 2.74. The van der Waals surface area contributed by atoms with Gasteiger partial charge >= 0.3 is 0 Å². The van der Waals surface area contributed by atoms with Gasteiger partial charge in [0, 0.05) is 18.2 Å². The molecule has 0 radical (unpaired) electrons. The third kappa shape index (κ3) is 2.70. The van der Waals surface area contributed by atoms with Gasteiger partial charge in [0.05, 0.1) is 30.2 Å². The number of anilines is 3. The monoisotopic (exact) mass is 281 g/mol. The minimum atomic E-state index is 0.437. The maximum absolute atomic E-state index is 9.00. The predicted octanol–water partition coefficient (Wildman–Crippen LogP) is 3.05. The summed E-state index contributed by atoms with van der Waals surface area (Å²) in [6, 6.07) is 13.0. The number of hydrogen-bond acceptors (Lipinski definition) is 5. The molecule has 5 heteroatoms. The van der Waals surface area contributed by atoms with Gasteiger partial charge in [0.25, 0.3) is 0 Å². The summed E-state index contributed by atoms with van der Waals surface area (Å²) in [6.45, 7) is 1.31. The second-order valence-corrected chi connectivity index (χ2v) is 4.72. The van der Waals surface area contributed by atoms with E-state index in [0.29, 0.717) is 35.9 Å². The molecular formula is C16H15N3O2. The Labute approximate surface area is 122 Å². The Morgan fingerprint density at radius 1 is 1.10 bits per heavy atom. The number of para-hydroxylation sites is 1. The summed E-state index contributed by atoms with van der Waals surface area (Å²) < 4.78 is 11.2. The van der Waals surface area contributed by atoms with Gasteiger partial charge in [-0.25, -0.2) is 0 Å². The maximum Gasteiger partial charge on any atom is 0.163 e. The van der Waals surface area contributed by atoms with Gasteiger partial charge in [-0.15, -0.1) is 0 Å². The first kappa shape index (κ1) is 13.1. The number of nitrogens with one attached hydrogen (secondary N) is 1.